The molecule has 2 N–H and O–H groups in total. The maximum atomic E-state index is 12.9. The Hall–Kier alpha value is -1.58. The van der Waals surface area contributed by atoms with Crippen LogP contribution in [-0.4, -0.2) is 27.9 Å². The average molecular weight is 289 g/mol. The molecule has 0 radical (unpaired) electrons. The minimum absolute atomic E-state index is 0.0781. The molecule has 1 aliphatic rings. The maximum absolute atomic E-state index is 12.9. The molecule has 1 saturated heterocycles. The van der Waals surface area contributed by atoms with Gasteiger partial charge >= 0.3 is 0 Å². The number of nitrogens with two attached hydrogens (primary N) is 1. The number of aromatic nitrogens is 1. The number of nitrogens with zero attached hydrogens (tertiary/aromatic N) is 2. The van der Waals surface area contributed by atoms with Crippen LogP contribution in [0.2, 0.25) is 0 Å². The van der Waals surface area contributed by atoms with Crippen LogP contribution in [0.15, 0.2) is 12.1 Å². The second-order valence-corrected chi connectivity index (χ2v) is 7.26. The van der Waals surface area contributed by atoms with Gasteiger partial charge in [0.25, 0.3) is 5.91 Å². The van der Waals surface area contributed by atoms with E-state index in [-0.39, 0.29) is 23.4 Å². The minimum atomic E-state index is -0.121. The molecule has 1 aromatic heterocycles. The van der Waals surface area contributed by atoms with Crippen molar-refractivity contribution in [3.8, 4) is 0 Å². The molecule has 21 heavy (non-hydrogen) atoms. The summed E-state index contributed by atoms with van der Waals surface area (Å²) in [7, 11) is 0. The Bertz CT molecular complexity index is 523. The molecule has 4 nitrogen and oxygen atoms in total. The summed E-state index contributed by atoms with van der Waals surface area (Å²) in [6.07, 6.45) is 3.34. The molecule has 1 aromatic rings. The first-order valence-electron chi connectivity index (χ1n) is 7.81. The maximum Gasteiger partial charge on any atom is 0.254 e. The van der Waals surface area contributed by atoms with Crippen molar-refractivity contribution in [3.63, 3.8) is 0 Å². The summed E-state index contributed by atoms with van der Waals surface area (Å²) in [6, 6.07) is 4.17. The van der Waals surface area contributed by atoms with Crippen LogP contribution < -0.4 is 5.73 Å². The van der Waals surface area contributed by atoms with Gasteiger partial charge in [0.05, 0.1) is 0 Å². The summed E-state index contributed by atoms with van der Waals surface area (Å²) in [5.41, 5.74) is 7.31. The first kappa shape index (κ1) is 15.8. The van der Waals surface area contributed by atoms with Gasteiger partial charge in [-0.2, -0.15) is 0 Å². The summed E-state index contributed by atoms with van der Waals surface area (Å²) in [5.74, 6) is 0.498. The van der Waals surface area contributed by atoms with Crippen LogP contribution in [0.4, 0.5) is 5.82 Å². The van der Waals surface area contributed by atoms with Gasteiger partial charge in [-0.1, -0.05) is 20.8 Å². The summed E-state index contributed by atoms with van der Waals surface area (Å²) in [6.45, 7) is 10.5. The molecule has 1 fully saturated rings. The van der Waals surface area contributed by atoms with E-state index in [0.717, 1.165) is 18.5 Å². The van der Waals surface area contributed by atoms with E-state index in [0.29, 0.717) is 11.4 Å². The Morgan fingerprint density at radius 3 is 2.33 bits per heavy atom. The molecule has 1 amide bonds. The fraction of sp³-hybridized carbons (Fsp3) is 0.647. The van der Waals surface area contributed by atoms with Crippen LogP contribution in [0, 0.1) is 0 Å². The van der Waals surface area contributed by atoms with Gasteiger partial charge in [-0.15, -0.1) is 0 Å². The summed E-state index contributed by atoms with van der Waals surface area (Å²) in [4.78, 5) is 19.3. The molecule has 2 rings (SSSR count). The average Bonchev–Trinajstić information content (AvgIpc) is 2.36. The number of likely N-dealkylation sites (tertiary alicyclic amines) is 1. The fourth-order valence-corrected chi connectivity index (χ4v) is 3.03. The lowest BCUT2D eigenvalue weighted by molar-refractivity contribution is 0.0510. The van der Waals surface area contributed by atoms with Crippen molar-refractivity contribution in [2.75, 3.05) is 5.73 Å². The van der Waals surface area contributed by atoms with Gasteiger partial charge in [-0.05, 0) is 45.2 Å². The lowest BCUT2D eigenvalue weighted by Crippen LogP contribution is -2.47. The van der Waals surface area contributed by atoms with Crippen LogP contribution in [0.3, 0.4) is 0 Å². The highest BCUT2D eigenvalue weighted by Crippen LogP contribution is 2.27. The van der Waals surface area contributed by atoms with Crippen LogP contribution in [0.5, 0.6) is 0 Å². The van der Waals surface area contributed by atoms with Gasteiger partial charge in [0.1, 0.15) is 5.82 Å². The molecule has 0 saturated carbocycles. The lowest BCUT2D eigenvalue weighted by Gasteiger charge is -2.39. The Morgan fingerprint density at radius 1 is 1.24 bits per heavy atom. The van der Waals surface area contributed by atoms with Crippen molar-refractivity contribution >= 4 is 11.7 Å². The van der Waals surface area contributed by atoms with Crippen LogP contribution in [0.1, 0.15) is 69.9 Å². The van der Waals surface area contributed by atoms with Crippen molar-refractivity contribution < 1.29 is 4.79 Å². The van der Waals surface area contributed by atoms with Gasteiger partial charge in [-0.25, -0.2) is 4.98 Å². The third kappa shape index (κ3) is 3.36. The highest BCUT2D eigenvalue weighted by atomic mass is 16.2. The van der Waals surface area contributed by atoms with Crippen molar-refractivity contribution in [3.05, 3.63) is 23.4 Å². The van der Waals surface area contributed by atoms with E-state index in [1.807, 2.05) is 11.0 Å². The monoisotopic (exact) mass is 289 g/mol. The van der Waals surface area contributed by atoms with Crippen molar-refractivity contribution in [1.82, 2.24) is 9.88 Å². The molecular formula is C17H27N3O. The predicted molar refractivity (Wildman–Crippen MR) is 86.3 cm³/mol. The van der Waals surface area contributed by atoms with Gasteiger partial charge in [-0.3, -0.25) is 4.79 Å². The van der Waals surface area contributed by atoms with Crippen molar-refractivity contribution in [1.29, 1.82) is 0 Å². The molecule has 116 valence electrons. The second-order valence-electron chi connectivity index (χ2n) is 7.26. The predicted octanol–water partition coefficient (Wildman–Crippen LogP) is 3.36. The topological polar surface area (TPSA) is 59.2 Å². The summed E-state index contributed by atoms with van der Waals surface area (Å²) in [5, 5.41) is 0. The molecule has 0 bridgehead atoms. The van der Waals surface area contributed by atoms with Gasteiger partial charge < -0.3 is 10.6 Å². The number of amides is 1. The van der Waals surface area contributed by atoms with Crippen LogP contribution >= 0.6 is 0 Å². The number of nitrogen functional groups attached to an aromatic ring is 1. The lowest BCUT2D eigenvalue weighted by atomic mass is 9.90. The quantitative estimate of drug-likeness (QED) is 0.862. The molecule has 0 aromatic carbocycles. The minimum Gasteiger partial charge on any atom is -0.384 e. The van der Waals surface area contributed by atoms with Gasteiger partial charge in [0.2, 0.25) is 0 Å². The Balaban J connectivity index is 2.37. The molecular weight excluding hydrogens is 262 g/mol. The highest BCUT2D eigenvalue weighted by Gasteiger charge is 2.30. The molecule has 2 unspecified atom stereocenters. The van der Waals surface area contributed by atoms with E-state index in [2.05, 4.69) is 39.6 Å². The van der Waals surface area contributed by atoms with E-state index >= 15 is 0 Å². The number of pyridine rings is 1. The molecule has 4 heteroatoms. The number of carbonyl (C=O) groups is 1. The number of piperidine rings is 1. The number of hydrogen-bond acceptors (Lipinski definition) is 3. The third-order valence-corrected chi connectivity index (χ3v) is 4.29. The summed E-state index contributed by atoms with van der Waals surface area (Å²) < 4.78 is 0. The molecule has 0 spiro atoms. The molecule has 2 atom stereocenters. The number of carbonyl (C=O) groups excluding carboxylic acids is 1. The Labute approximate surface area is 127 Å². The third-order valence-electron chi connectivity index (χ3n) is 4.29. The number of rotatable bonds is 1. The van der Waals surface area contributed by atoms with Crippen molar-refractivity contribution in [2.24, 2.45) is 0 Å². The van der Waals surface area contributed by atoms with E-state index in [4.69, 9.17) is 5.73 Å². The van der Waals surface area contributed by atoms with Crippen molar-refractivity contribution in [2.45, 2.75) is 71.4 Å². The smallest absolute Gasteiger partial charge is 0.254 e. The van der Waals surface area contributed by atoms with Crippen LogP contribution in [-0.2, 0) is 5.41 Å². The first-order valence-corrected chi connectivity index (χ1v) is 7.81. The standard InChI is InChI=1S/C17H27N3O/c1-11-7-6-8-12(2)20(11)16(21)13-9-14(17(3,4)5)19-15(18)10-13/h9-12H,6-8H2,1-5H3,(H2,18,19). The van der Waals surface area contributed by atoms with Gasteiger partial charge in [0.15, 0.2) is 0 Å². The number of hydrogen-bond donors (Lipinski definition) is 1. The zero-order chi connectivity index (χ0) is 15.8. The fourth-order valence-electron chi connectivity index (χ4n) is 3.03. The first-order chi connectivity index (χ1) is 9.70. The van der Waals surface area contributed by atoms with Gasteiger partial charge in [0, 0.05) is 28.8 Å². The van der Waals surface area contributed by atoms with Crippen LogP contribution in [0.25, 0.3) is 0 Å². The Kier molecular flexibility index (Phi) is 4.26. The van der Waals surface area contributed by atoms with E-state index in [1.165, 1.54) is 6.42 Å². The second kappa shape index (κ2) is 5.66. The van der Waals surface area contributed by atoms with E-state index in [9.17, 15) is 4.79 Å². The normalized spacial score (nSPS) is 23.2. The molecule has 1 aliphatic heterocycles. The van der Waals surface area contributed by atoms with E-state index in [1.54, 1.807) is 6.07 Å². The van der Waals surface area contributed by atoms with E-state index < -0.39 is 0 Å². The highest BCUT2D eigenvalue weighted by molar-refractivity contribution is 5.95. The Morgan fingerprint density at radius 2 is 1.81 bits per heavy atom. The molecule has 2 heterocycles. The SMILES string of the molecule is CC1CCCC(C)N1C(=O)c1cc(N)nc(C(C)(C)C)c1. The summed E-state index contributed by atoms with van der Waals surface area (Å²) >= 11 is 0. The zero-order valence-corrected chi connectivity index (χ0v) is 13.8. The molecule has 0 aliphatic carbocycles. The number of anilines is 1. The largest absolute Gasteiger partial charge is 0.384 e. The zero-order valence-electron chi connectivity index (χ0n) is 13.8.